The molecule has 150 valence electrons. The smallest absolute Gasteiger partial charge is 0.269 e. The van der Waals surface area contributed by atoms with Crippen molar-refractivity contribution in [2.45, 2.75) is 32.6 Å². The van der Waals surface area contributed by atoms with Crippen LogP contribution >= 0.6 is 0 Å². The van der Waals surface area contributed by atoms with E-state index in [0.717, 1.165) is 25.3 Å². The van der Waals surface area contributed by atoms with Crippen LogP contribution in [0.4, 0.5) is 5.69 Å². The Morgan fingerprint density at radius 1 is 1.25 bits per heavy atom. The SMILES string of the molecule is CC1CCN(CCCCNC(=O)c2cnn(-c3ccc([N+](=O)[O-])cc3)c2)CC1. The molecule has 0 unspecified atom stereocenters. The molecule has 28 heavy (non-hydrogen) atoms. The monoisotopic (exact) mass is 385 g/mol. The molecule has 1 aliphatic heterocycles. The molecule has 3 rings (SSSR count). The number of nitrogens with one attached hydrogen (secondary N) is 1. The van der Waals surface area contributed by atoms with Crippen molar-refractivity contribution < 1.29 is 9.72 Å². The van der Waals surface area contributed by atoms with Crippen LogP contribution in [-0.4, -0.2) is 51.7 Å². The molecule has 0 aliphatic carbocycles. The summed E-state index contributed by atoms with van der Waals surface area (Å²) in [6.45, 7) is 6.44. The summed E-state index contributed by atoms with van der Waals surface area (Å²) in [6, 6.07) is 6.04. The molecule has 0 bridgehead atoms. The van der Waals surface area contributed by atoms with E-state index in [1.807, 2.05) is 0 Å². The molecule has 1 aromatic heterocycles. The van der Waals surface area contributed by atoms with Gasteiger partial charge in [0.25, 0.3) is 11.6 Å². The second kappa shape index (κ2) is 9.45. The minimum absolute atomic E-state index is 0.0212. The lowest BCUT2D eigenvalue weighted by molar-refractivity contribution is -0.384. The summed E-state index contributed by atoms with van der Waals surface area (Å²) < 4.78 is 1.54. The van der Waals surface area contributed by atoms with Crippen molar-refractivity contribution in [3.63, 3.8) is 0 Å². The summed E-state index contributed by atoms with van der Waals surface area (Å²) >= 11 is 0. The second-order valence-corrected chi connectivity index (χ2v) is 7.43. The highest BCUT2D eigenvalue weighted by molar-refractivity contribution is 5.93. The summed E-state index contributed by atoms with van der Waals surface area (Å²) in [5, 5.41) is 17.8. The fourth-order valence-electron chi connectivity index (χ4n) is 3.36. The van der Waals surface area contributed by atoms with Gasteiger partial charge in [0.1, 0.15) is 0 Å². The van der Waals surface area contributed by atoms with Gasteiger partial charge >= 0.3 is 0 Å². The van der Waals surface area contributed by atoms with Crippen molar-refractivity contribution in [3.05, 3.63) is 52.3 Å². The van der Waals surface area contributed by atoms with Gasteiger partial charge in [-0.3, -0.25) is 14.9 Å². The summed E-state index contributed by atoms with van der Waals surface area (Å²) in [6.07, 6.45) is 7.74. The number of nitrogens with zero attached hydrogens (tertiary/aromatic N) is 4. The Balaban J connectivity index is 1.41. The molecule has 1 N–H and O–H groups in total. The fraction of sp³-hybridized carbons (Fsp3) is 0.500. The quantitative estimate of drug-likeness (QED) is 0.428. The first-order valence-corrected chi connectivity index (χ1v) is 9.83. The minimum atomic E-state index is -0.447. The molecule has 0 radical (unpaired) electrons. The maximum Gasteiger partial charge on any atom is 0.269 e. The Bertz CT molecular complexity index is 794. The maximum atomic E-state index is 12.3. The van der Waals surface area contributed by atoms with Gasteiger partial charge in [-0.2, -0.15) is 5.10 Å². The average molecular weight is 385 g/mol. The predicted octanol–water partition coefficient (Wildman–Crippen LogP) is 3.02. The van der Waals surface area contributed by atoms with Crippen molar-refractivity contribution >= 4 is 11.6 Å². The Labute approximate surface area is 164 Å². The molecule has 1 aliphatic rings. The van der Waals surface area contributed by atoms with Crippen molar-refractivity contribution in [2.24, 2.45) is 5.92 Å². The van der Waals surface area contributed by atoms with Crippen LogP contribution in [0.5, 0.6) is 0 Å². The van der Waals surface area contributed by atoms with Gasteiger partial charge in [-0.1, -0.05) is 6.92 Å². The molecule has 0 spiro atoms. The van der Waals surface area contributed by atoms with E-state index in [4.69, 9.17) is 0 Å². The van der Waals surface area contributed by atoms with Gasteiger partial charge in [0.2, 0.25) is 0 Å². The number of hydrogen-bond donors (Lipinski definition) is 1. The zero-order chi connectivity index (χ0) is 19.9. The number of carbonyl (C=O) groups excluding carboxylic acids is 1. The third-order valence-corrected chi connectivity index (χ3v) is 5.23. The molecular weight excluding hydrogens is 358 g/mol. The van der Waals surface area contributed by atoms with Crippen LogP contribution in [0.15, 0.2) is 36.7 Å². The lowest BCUT2D eigenvalue weighted by atomic mass is 9.99. The van der Waals surface area contributed by atoms with E-state index in [1.54, 1.807) is 18.3 Å². The molecule has 8 heteroatoms. The van der Waals surface area contributed by atoms with Crippen molar-refractivity contribution in [3.8, 4) is 5.69 Å². The second-order valence-electron chi connectivity index (χ2n) is 7.43. The zero-order valence-corrected chi connectivity index (χ0v) is 16.2. The van der Waals surface area contributed by atoms with E-state index in [-0.39, 0.29) is 11.6 Å². The van der Waals surface area contributed by atoms with E-state index in [1.165, 1.54) is 48.9 Å². The number of benzene rings is 1. The van der Waals surface area contributed by atoms with Crippen LogP contribution in [0, 0.1) is 16.0 Å². The normalized spacial score (nSPS) is 15.5. The molecule has 1 fully saturated rings. The molecule has 1 aromatic carbocycles. The Kier molecular flexibility index (Phi) is 6.76. The number of likely N-dealkylation sites (tertiary alicyclic amines) is 1. The van der Waals surface area contributed by atoms with Crippen molar-refractivity contribution in [1.29, 1.82) is 0 Å². The molecule has 2 heterocycles. The van der Waals surface area contributed by atoms with Crippen LogP contribution in [0.1, 0.15) is 43.0 Å². The fourth-order valence-corrected chi connectivity index (χ4v) is 3.36. The first-order chi connectivity index (χ1) is 13.5. The largest absolute Gasteiger partial charge is 0.352 e. The van der Waals surface area contributed by atoms with Crippen LogP contribution in [0.3, 0.4) is 0 Å². The summed E-state index contributed by atoms with van der Waals surface area (Å²) in [5.41, 5.74) is 1.16. The molecule has 1 saturated heterocycles. The minimum Gasteiger partial charge on any atom is -0.352 e. The number of rotatable bonds is 8. The van der Waals surface area contributed by atoms with Gasteiger partial charge in [0.15, 0.2) is 0 Å². The first kappa shape index (κ1) is 20.0. The first-order valence-electron chi connectivity index (χ1n) is 9.83. The van der Waals surface area contributed by atoms with Gasteiger partial charge in [0, 0.05) is 24.9 Å². The average Bonchev–Trinajstić information content (AvgIpc) is 3.19. The number of carbonyl (C=O) groups is 1. The van der Waals surface area contributed by atoms with Crippen LogP contribution in [0.25, 0.3) is 5.69 Å². The molecule has 0 saturated carbocycles. The third-order valence-electron chi connectivity index (χ3n) is 5.23. The van der Waals surface area contributed by atoms with Crippen LogP contribution < -0.4 is 5.32 Å². The van der Waals surface area contributed by atoms with Crippen LogP contribution in [-0.2, 0) is 0 Å². The number of piperidine rings is 1. The number of aromatic nitrogens is 2. The summed E-state index contributed by atoms with van der Waals surface area (Å²) in [4.78, 5) is 25.1. The van der Waals surface area contributed by atoms with E-state index in [0.29, 0.717) is 17.8 Å². The standard InChI is InChI=1S/C20H27N5O3/c1-16-8-12-23(13-9-16)11-3-2-10-21-20(26)17-14-22-24(15-17)18-4-6-19(7-5-18)25(27)28/h4-7,14-16H,2-3,8-13H2,1H3,(H,21,26). The predicted molar refractivity (Wildman–Crippen MR) is 107 cm³/mol. The Morgan fingerprint density at radius 2 is 1.96 bits per heavy atom. The highest BCUT2D eigenvalue weighted by Crippen LogP contribution is 2.16. The summed E-state index contributed by atoms with van der Waals surface area (Å²) in [7, 11) is 0. The molecule has 0 atom stereocenters. The highest BCUT2D eigenvalue weighted by Gasteiger charge is 2.15. The van der Waals surface area contributed by atoms with E-state index in [2.05, 4.69) is 22.2 Å². The molecule has 1 amide bonds. The topological polar surface area (TPSA) is 93.3 Å². The number of unbranched alkanes of at least 4 members (excludes halogenated alkanes) is 1. The third kappa shape index (κ3) is 5.39. The highest BCUT2D eigenvalue weighted by atomic mass is 16.6. The van der Waals surface area contributed by atoms with Gasteiger partial charge < -0.3 is 10.2 Å². The van der Waals surface area contributed by atoms with Gasteiger partial charge in [-0.25, -0.2) is 4.68 Å². The lowest BCUT2D eigenvalue weighted by Crippen LogP contribution is -2.34. The maximum absolute atomic E-state index is 12.3. The van der Waals surface area contributed by atoms with Crippen molar-refractivity contribution in [1.82, 2.24) is 20.0 Å². The van der Waals surface area contributed by atoms with E-state index < -0.39 is 4.92 Å². The lowest BCUT2D eigenvalue weighted by Gasteiger charge is -2.30. The number of nitro benzene ring substituents is 1. The van der Waals surface area contributed by atoms with E-state index >= 15 is 0 Å². The van der Waals surface area contributed by atoms with E-state index in [9.17, 15) is 14.9 Å². The summed E-state index contributed by atoms with van der Waals surface area (Å²) in [5.74, 6) is 0.697. The number of hydrogen-bond acceptors (Lipinski definition) is 5. The molecule has 8 nitrogen and oxygen atoms in total. The van der Waals surface area contributed by atoms with Gasteiger partial charge in [-0.15, -0.1) is 0 Å². The number of nitro groups is 1. The van der Waals surface area contributed by atoms with Crippen LogP contribution in [0.2, 0.25) is 0 Å². The van der Waals surface area contributed by atoms with Gasteiger partial charge in [0.05, 0.1) is 22.4 Å². The number of amides is 1. The van der Waals surface area contributed by atoms with Gasteiger partial charge in [-0.05, 0) is 63.4 Å². The van der Waals surface area contributed by atoms with Crippen molar-refractivity contribution in [2.75, 3.05) is 26.2 Å². The molecule has 2 aromatic rings. The molecular formula is C20H27N5O3. The zero-order valence-electron chi connectivity index (χ0n) is 16.2. The Morgan fingerprint density at radius 3 is 2.64 bits per heavy atom. The Hall–Kier alpha value is -2.74. The number of non-ortho nitro benzene ring substituents is 1.